The van der Waals surface area contributed by atoms with E-state index in [1.165, 1.54) is 6.07 Å². The molecule has 0 spiro atoms. The van der Waals surface area contributed by atoms with Crippen molar-refractivity contribution in [3.05, 3.63) is 33.0 Å². The molecular weight excluding hydrogens is 347 g/mol. The normalized spacial score (nSPS) is 22.1. The van der Waals surface area contributed by atoms with Crippen LogP contribution in [0.2, 0.25) is 5.02 Å². The van der Waals surface area contributed by atoms with Crippen molar-refractivity contribution in [2.24, 2.45) is 5.92 Å². The Morgan fingerprint density at radius 1 is 1.44 bits per heavy atom. The fourth-order valence-electron chi connectivity index (χ4n) is 1.93. The molecule has 18 heavy (non-hydrogen) atoms. The molecule has 0 aliphatic carbocycles. The summed E-state index contributed by atoms with van der Waals surface area (Å²) in [6.45, 7) is 0. The molecule has 0 amide bonds. The Hall–Kier alpha value is -0.460. The Morgan fingerprint density at radius 2 is 2.11 bits per heavy atom. The SMILES string of the molecule is O=C(c1cc(Cl)c(Br)cc1F)C1CCS(=O)(=O)C1. The van der Waals surface area contributed by atoms with Crippen LogP contribution in [0.1, 0.15) is 16.8 Å². The number of benzene rings is 1. The first-order chi connectivity index (χ1) is 8.30. The van der Waals surface area contributed by atoms with Crippen molar-refractivity contribution >= 4 is 43.2 Å². The fraction of sp³-hybridized carbons (Fsp3) is 0.364. The first-order valence-electron chi connectivity index (χ1n) is 5.19. The highest BCUT2D eigenvalue weighted by Crippen LogP contribution is 2.29. The van der Waals surface area contributed by atoms with Crippen LogP contribution in [0.3, 0.4) is 0 Å². The molecule has 0 bridgehead atoms. The second-order valence-corrected chi connectivity index (χ2v) is 7.70. The third-order valence-corrected chi connectivity index (χ3v) is 5.84. The Bertz CT molecular complexity index is 615. The van der Waals surface area contributed by atoms with Gasteiger partial charge in [0.05, 0.1) is 22.1 Å². The summed E-state index contributed by atoms with van der Waals surface area (Å²) in [6.07, 6.45) is 0.244. The van der Waals surface area contributed by atoms with Crippen molar-refractivity contribution in [2.45, 2.75) is 6.42 Å². The molecule has 7 heteroatoms. The number of ketones is 1. The van der Waals surface area contributed by atoms with E-state index in [0.717, 1.165) is 6.07 Å². The highest BCUT2D eigenvalue weighted by Gasteiger charge is 2.34. The van der Waals surface area contributed by atoms with Crippen LogP contribution in [0.5, 0.6) is 0 Å². The number of sulfone groups is 1. The highest BCUT2D eigenvalue weighted by molar-refractivity contribution is 9.10. The molecule has 0 aromatic heterocycles. The first kappa shape index (κ1) is 14.0. The summed E-state index contributed by atoms with van der Waals surface area (Å²) in [4.78, 5) is 12.0. The standard InChI is InChI=1S/C11H9BrClFO3S/c12-8-4-10(14)7(3-9(8)13)11(15)6-1-2-18(16,17)5-6/h3-4,6H,1-2,5H2. The van der Waals surface area contributed by atoms with Crippen molar-refractivity contribution in [3.8, 4) is 0 Å². The van der Waals surface area contributed by atoms with Gasteiger partial charge in [-0.1, -0.05) is 11.6 Å². The van der Waals surface area contributed by atoms with Gasteiger partial charge in [0.25, 0.3) is 0 Å². The molecule has 0 radical (unpaired) electrons. The molecule has 1 aromatic rings. The van der Waals surface area contributed by atoms with E-state index >= 15 is 0 Å². The second-order valence-electron chi connectivity index (χ2n) is 4.21. The van der Waals surface area contributed by atoms with Crippen LogP contribution in [0.15, 0.2) is 16.6 Å². The molecular formula is C11H9BrClFO3S. The largest absolute Gasteiger partial charge is 0.294 e. The first-order valence-corrected chi connectivity index (χ1v) is 8.18. The number of hydrogen-bond acceptors (Lipinski definition) is 3. The van der Waals surface area contributed by atoms with Crippen LogP contribution < -0.4 is 0 Å². The lowest BCUT2D eigenvalue weighted by atomic mass is 9.97. The van der Waals surface area contributed by atoms with Gasteiger partial charge in [-0.3, -0.25) is 4.79 Å². The van der Waals surface area contributed by atoms with E-state index in [2.05, 4.69) is 15.9 Å². The Kier molecular flexibility index (Phi) is 3.80. The maximum absolute atomic E-state index is 13.7. The van der Waals surface area contributed by atoms with Crippen molar-refractivity contribution < 1.29 is 17.6 Å². The number of halogens is 3. The molecule has 1 aliphatic heterocycles. The average molecular weight is 356 g/mol. The van der Waals surface area contributed by atoms with Crippen molar-refractivity contribution in [2.75, 3.05) is 11.5 Å². The van der Waals surface area contributed by atoms with Gasteiger partial charge in [-0.05, 0) is 34.5 Å². The summed E-state index contributed by atoms with van der Waals surface area (Å²) in [5, 5.41) is 0.223. The summed E-state index contributed by atoms with van der Waals surface area (Å²) in [5.41, 5.74) is -0.148. The molecule has 1 unspecified atom stereocenters. The Morgan fingerprint density at radius 3 is 2.67 bits per heavy atom. The molecule has 1 saturated heterocycles. The average Bonchev–Trinajstić information content (AvgIpc) is 2.63. The predicted molar refractivity (Wildman–Crippen MR) is 70.2 cm³/mol. The third-order valence-electron chi connectivity index (χ3n) is 2.88. The summed E-state index contributed by atoms with van der Waals surface area (Å²) in [5.74, 6) is -2.08. The second kappa shape index (κ2) is 4.90. The van der Waals surface area contributed by atoms with Gasteiger partial charge in [-0.2, -0.15) is 0 Å². The van der Waals surface area contributed by atoms with Gasteiger partial charge in [0.2, 0.25) is 0 Å². The van der Waals surface area contributed by atoms with Crippen molar-refractivity contribution in [3.63, 3.8) is 0 Å². The third kappa shape index (κ3) is 2.75. The van der Waals surface area contributed by atoms with Crippen molar-refractivity contribution in [1.29, 1.82) is 0 Å². The summed E-state index contributed by atoms with van der Waals surface area (Å²) < 4.78 is 36.6. The van der Waals surface area contributed by atoms with E-state index in [1.807, 2.05) is 0 Å². The molecule has 0 saturated carbocycles. The predicted octanol–water partition coefficient (Wildman–Crippen LogP) is 2.86. The quantitative estimate of drug-likeness (QED) is 0.605. The molecule has 1 atom stereocenters. The molecule has 1 heterocycles. The van der Waals surface area contributed by atoms with E-state index in [0.29, 0.717) is 4.47 Å². The molecule has 0 N–H and O–H groups in total. The van der Waals surface area contributed by atoms with Crippen LogP contribution in [0.25, 0.3) is 0 Å². The zero-order valence-corrected chi connectivity index (χ0v) is 12.3. The number of carbonyl (C=O) groups is 1. The number of Topliss-reactive ketones (excluding diaryl/α,β-unsaturated/α-hetero) is 1. The van der Waals surface area contributed by atoms with E-state index in [-0.39, 0.29) is 28.5 Å². The minimum absolute atomic E-state index is 0.0186. The number of hydrogen-bond donors (Lipinski definition) is 0. The summed E-state index contributed by atoms with van der Waals surface area (Å²) in [7, 11) is -3.17. The minimum Gasteiger partial charge on any atom is -0.294 e. The van der Waals surface area contributed by atoms with Gasteiger partial charge in [-0.15, -0.1) is 0 Å². The van der Waals surface area contributed by atoms with Gasteiger partial charge in [0, 0.05) is 10.4 Å². The lowest BCUT2D eigenvalue weighted by molar-refractivity contribution is 0.0929. The van der Waals surface area contributed by atoms with Crippen LogP contribution in [0.4, 0.5) is 4.39 Å². The topological polar surface area (TPSA) is 51.2 Å². The fourth-order valence-corrected chi connectivity index (χ4v) is 4.15. The molecule has 1 aliphatic rings. The van der Waals surface area contributed by atoms with Crippen LogP contribution in [0, 0.1) is 11.7 Å². The monoisotopic (exact) mass is 354 g/mol. The molecule has 1 aromatic carbocycles. The Labute approximate surface area is 117 Å². The number of rotatable bonds is 2. The molecule has 2 rings (SSSR count). The van der Waals surface area contributed by atoms with Crippen LogP contribution in [-0.2, 0) is 9.84 Å². The smallest absolute Gasteiger partial charge is 0.169 e. The number of carbonyl (C=O) groups excluding carboxylic acids is 1. The zero-order chi connectivity index (χ0) is 13.5. The van der Waals surface area contributed by atoms with Crippen LogP contribution >= 0.6 is 27.5 Å². The van der Waals surface area contributed by atoms with Gasteiger partial charge < -0.3 is 0 Å². The summed E-state index contributed by atoms with van der Waals surface area (Å²) >= 11 is 8.86. The molecule has 1 fully saturated rings. The maximum atomic E-state index is 13.7. The minimum atomic E-state index is -3.17. The maximum Gasteiger partial charge on any atom is 0.169 e. The lowest BCUT2D eigenvalue weighted by Gasteiger charge is -2.09. The van der Waals surface area contributed by atoms with Gasteiger partial charge in [0.15, 0.2) is 15.6 Å². The van der Waals surface area contributed by atoms with E-state index < -0.39 is 27.4 Å². The van der Waals surface area contributed by atoms with Gasteiger partial charge in [-0.25, -0.2) is 12.8 Å². The van der Waals surface area contributed by atoms with E-state index in [1.54, 1.807) is 0 Å². The highest BCUT2D eigenvalue weighted by atomic mass is 79.9. The van der Waals surface area contributed by atoms with Crippen LogP contribution in [-0.4, -0.2) is 25.7 Å². The van der Waals surface area contributed by atoms with Crippen molar-refractivity contribution in [1.82, 2.24) is 0 Å². The van der Waals surface area contributed by atoms with Gasteiger partial charge >= 0.3 is 0 Å². The Balaban J connectivity index is 2.33. The zero-order valence-electron chi connectivity index (χ0n) is 9.12. The molecule has 3 nitrogen and oxygen atoms in total. The van der Waals surface area contributed by atoms with Gasteiger partial charge in [0.1, 0.15) is 5.82 Å². The summed E-state index contributed by atoms with van der Waals surface area (Å²) in [6, 6.07) is 2.34. The van der Waals surface area contributed by atoms with E-state index in [9.17, 15) is 17.6 Å². The lowest BCUT2D eigenvalue weighted by Crippen LogP contribution is -2.17. The van der Waals surface area contributed by atoms with E-state index in [4.69, 9.17) is 11.6 Å². The molecule has 98 valence electrons.